The van der Waals surface area contributed by atoms with Gasteiger partial charge >= 0.3 is 0 Å². The van der Waals surface area contributed by atoms with E-state index in [1.165, 1.54) is 6.07 Å². The number of nitrogens with zero attached hydrogens (tertiary/aromatic N) is 1. The molecule has 22 heavy (non-hydrogen) atoms. The highest BCUT2D eigenvalue weighted by molar-refractivity contribution is 6.31. The van der Waals surface area contributed by atoms with Crippen molar-refractivity contribution in [2.24, 2.45) is 5.92 Å². The number of nitrogens with one attached hydrogen (secondary N) is 1. The Bertz CT molecular complexity index is 417. The quantitative estimate of drug-likeness (QED) is 0.806. The number of hydrogen-bond acceptors (Lipinski definition) is 2. The zero-order chi connectivity index (χ0) is 14.5. The smallest absolute Gasteiger partial charge is 0.129 e. The average molecular weight is 372 g/mol. The molecule has 0 aliphatic carbocycles. The summed E-state index contributed by atoms with van der Waals surface area (Å²) >= 11 is 6.28. The Morgan fingerprint density at radius 3 is 2.36 bits per heavy atom. The topological polar surface area (TPSA) is 15.3 Å². The molecule has 1 aromatic rings. The van der Waals surface area contributed by atoms with E-state index >= 15 is 0 Å². The van der Waals surface area contributed by atoms with Crippen LogP contribution in [-0.2, 0) is 0 Å². The van der Waals surface area contributed by atoms with Crippen LogP contribution in [-0.4, -0.2) is 31.1 Å². The molecule has 1 aliphatic rings. The Hall–Kier alpha value is -0.0600. The Morgan fingerprint density at radius 2 is 1.82 bits per heavy atom. The largest absolute Gasteiger partial charge is 0.314 e. The summed E-state index contributed by atoms with van der Waals surface area (Å²) in [5, 5.41) is 3.90. The summed E-state index contributed by atoms with van der Waals surface area (Å²) in [5.41, 5.74) is 0.678. The molecule has 2 rings (SSSR count). The second-order valence-corrected chi connectivity index (χ2v) is 6.32. The van der Waals surface area contributed by atoms with Crippen LogP contribution in [0.2, 0.25) is 5.02 Å². The van der Waals surface area contributed by atoms with Crippen molar-refractivity contribution in [1.29, 1.82) is 0 Å². The molecule has 1 N–H and O–H groups in total. The minimum absolute atomic E-state index is 0. The van der Waals surface area contributed by atoms with Crippen molar-refractivity contribution in [2.45, 2.75) is 32.7 Å². The SMILES string of the molecule is CC(C)CC[C@H](c1c(F)cccc1Cl)N1CCNCC1.Cl.Cl. The van der Waals surface area contributed by atoms with Gasteiger partial charge in [-0.1, -0.05) is 31.5 Å². The molecule has 0 bridgehead atoms. The van der Waals surface area contributed by atoms with Gasteiger partial charge in [-0.05, 0) is 30.9 Å². The Kier molecular flexibility index (Phi) is 10.6. The van der Waals surface area contributed by atoms with Crippen LogP contribution >= 0.6 is 36.4 Å². The molecule has 0 aromatic heterocycles. The van der Waals surface area contributed by atoms with E-state index in [0.717, 1.165) is 39.0 Å². The second kappa shape index (κ2) is 10.7. The third-order valence-electron chi connectivity index (χ3n) is 3.94. The lowest BCUT2D eigenvalue weighted by Crippen LogP contribution is -2.45. The van der Waals surface area contributed by atoms with Gasteiger partial charge in [-0.15, -0.1) is 24.8 Å². The standard InChI is InChI=1S/C16H24ClFN2.2ClH/c1-12(2)6-7-15(20-10-8-19-9-11-20)16-13(17)4-3-5-14(16)18;;/h3-5,12,15,19H,6-11H2,1-2H3;2*1H/t15-;;/m1../s1. The van der Waals surface area contributed by atoms with Crippen LogP contribution in [0.25, 0.3) is 0 Å². The van der Waals surface area contributed by atoms with Gasteiger partial charge in [0.15, 0.2) is 0 Å². The Labute approximate surface area is 150 Å². The van der Waals surface area contributed by atoms with Crippen LogP contribution in [0.4, 0.5) is 4.39 Å². The van der Waals surface area contributed by atoms with Gasteiger partial charge < -0.3 is 5.32 Å². The maximum atomic E-state index is 14.3. The van der Waals surface area contributed by atoms with Crippen LogP contribution in [0.3, 0.4) is 0 Å². The first kappa shape index (κ1) is 21.9. The molecule has 2 nitrogen and oxygen atoms in total. The molecule has 0 saturated carbocycles. The minimum Gasteiger partial charge on any atom is -0.314 e. The lowest BCUT2D eigenvalue weighted by atomic mass is 9.95. The average Bonchev–Trinajstić information content (AvgIpc) is 2.42. The minimum atomic E-state index is -0.176. The van der Waals surface area contributed by atoms with Crippen molar-refractivity contribution in [3.63, 3.8) is 0 Å². The van der Waals surface area contributed by atoms with E-state index in [0.29, 0.717) is 16.5 Å². The highest BCUT2D eigenvalue weighted by Gasteiger charge is 2.26. The van der Waals surface area contributed by atoms with Crippen LogP contribution < -0.4 is 5.32 Å². The fraction of sp³-hybridized carbons (Fsp3) is 0.625. The first-order chi connectivity index (χ1) is 9.59. The second-order valence-electron chi connectivity index (χ2n) is 5.91. The molecule has 0 radical (unpaired) electrons. The molecule has 1 atom stereocenters. The van der Waals surface area contributed by atoms with Crippen LogP contribution in [0, 0.1) is 11.7 Å². The summed E-state index contributed by atoms with van der Waals surface area (Å²) in [6.45, 7) is 8.24. The van der Waals surface area contributed by atoms with Gasteiger partial charge in [0.05, 0.1) is 0 Å². The number of hydrogen-bond donors (Lipinski definition) is 1. The first-order valence-corrected chi connectivity index (χ1v) is 7.86. The monoisotopic (exact) mass is 370 g/mol. The van der Waals surface area contributed by atoms with Crippen molar-refractivity contribution >= 4 is 36.4 Å². The fourth-order valence-corrected chi connectivity index (χ4v) is 3.11. The van der Waals surface area contributed by atoms with Gasteiger partial charge in [0.2, 0.25) is 0 Å². The van der Waals surface area contributed by atoms with Crippen molar-refractivity contribution in [1.82, 2.24) is 10.2 Å². The van der Waals surface area contributed by atoms with E-state index in [4.69, 9.17) is 11.6 Å². The van der Waals surface area contributed by atoms with Crippen LogP contribution in [0.1, 0.15) is 38.3 Å². The number of rotatable bonds is 5. The first-order valence-electron chi connectivity index (χ1n) is 7.48. The molecular weight excluding hydrogens is 346 g/mol. The molecule has 6 heteroatoms. The summed E-state index contributed by atoms with van der Waals surface area (Å²) in [5.74, 6) is 0.441. The summed E-state index contributed by atoms with van der Waals surface area (Å²) in [4.78, 5) is 2.36. The number of halogens is 4. The zero-order valence-corrected chi connectivity index (χ0v) is 15.5. The van der Waals surface area contributed by atoms with Crippen LogP contribution in [0.5, 0.6) is 0 Å². The molecule has 0 unspecified atom stereocenters. The summed E-state index contributed by atoms with van der Waals surface area (Å²) in [6, 6.07) is 5.09. The maximum Gasteiger partial charge on any atom is 0.129 e. The number of benzene rings is 1. The predicted octanol–water partition coefficient (Wildman–Crippen LogP) is 4.71. The molecule has 1 fully saturated rings. The highest BCUT2D eigenvalue weighted by Crippen LogP contribution is 2.34. The fourth-order valence-electron chi connectivity index (χ4n) is 2.82. The maximum absolute atomic E-state index is 14.3. The molecule has 1 aliphatic heterocycles. The lowest BCUT2D eigenvalue weighted by Gasteiger charge is -2.36. The molecule has 0 spiro atoms. The lowest BCUT2D eigenvalue weighted by molar-refractivity contribution is 0.157. The van der Waals surface area contributed by atoms with Crippen LogP contribution in [0.15, 0.2) is 18.2 Å². The predicted molar refractivity (Wildman–Crippen MR) is 97.2 cm³/mol. The van der Waals surface area contributed by atoms with E-state index in [2.05, 4.69) is 24.1 Å². The number of piperazine rings is 1. The molecular formula is C16H26Cl3FN2. The van der Waals surface area contributed by atoms with E-state index in [1.807, 2.05) is 0 Å². The third-order valence-corrected chi connectivity index (χ3v) is 4.27. The molecule has 1 heterocycles. The summed E-state index contributed by atoms with van der Waals surface area (Å²) in [6.07, 6.45) is 2.04. The van der Waals surface area contributed by atoms with Gasteiger partial charge in [0.25, 0.3) is 0 Å². The Balaban J connectivity index is 0.00000220. The van der Waals surface area contributed by atoms with Gasteiger partial charge in [-0.25, -0.2) is 4.39 Å². The zero-order valence-electron chi connectivity index (χ0n) is 13.1. The molecule has 1 saturated heterocycles. The highest BCUT2D eigenvalue weighted by atomic mass is 35.5. The molecule has 0 amide bonds. The Morgan fingerprint density at radius 1 is 1.18 bits per heavy atom. The third kappa shape index (κ3) is 5.86. The van der Waals surface area contributed by atoms with Gasteiger partial charge in [0.1, 0.15) is 5.82 Å². The van der Waals surface area contributed by atoms with Crippen molar-refractivity contribution < 1.29 is 4.39 Å². The van der Waals surface area contributed by atoms with E-state index in [-0.39, 0.29) is 36.7 Å². The van der Waals surface area contributed by atoms with Gasteiger partial charge in [0, 0.05) is 42.8 Å². The summed E-state index contributed by atoms with van der Waals surface area (Å²) < 4.78 is 14.3. The molecule has 128 valence electrons. The summed E-state index contributed by atoms with van der Waals surface area (Å²) in [7, 11) is 0. The van der Waals surface area contributed by atoms with E-state index < -0.39 is 0 Å². The van der Waals surface area contributed by atoms with Gasteiger partial charge in [-0.3, -0.25) is 4.90 Å². The van der Waals surface area contributed by atoms with Gasteiger partial charge in [-0.2, -0.15) is 0 Å². The van der Waals surface area contributed by atoms with Crippen molar-refractivity contribution in [2.75, 3.05) is 26.2 Å². The van der Waals surface area contributed by atoms with Crippen molar-refractivity contribution in [3.05, 3.63) is 34.6 Å². The van der Waals surface area contributed by atoms with Crippen molar-refractivity contribution in [3.8, 4) is 0 Å². The van der Waals surface area contributed by atoms with E-state index in [1.54, 1.807) is 12.1 Å². The van der Waals surface area contributed by atoms with E-state index in [9.17, 15) is 4.39 Å². The normalized spacial score (nSPS) is 16.8. The molecule has 1 aromatic carbocycles.